The van der Waals surface area contributed by atoms with Gasteiger partial charge < -0.3 is 9.13 Å². The largest absolute Gasteiger partial charge is 0.309 e. The van der Waals surface area contributed by atoms with Crippen molar-refractivity contribution in [3.05, 3.63) is 182 Å². The predicted molar refractivity (Wildman–Crippen MR) is 224 cm³/mol. The molecule has 4 nitrogen and oxygen atoms in total. The van der Waals surface area contributed by atoms with E-state index in [9.17, 15) is 0 Å². The molecule has 3 aromatic heterocycles. The lowest BCUT2D eigenvalue weighted by Crippen LogP contribution is -1.98. The number of fused-ring (bicyclic) bond motifs is 12. The van der Waals surface area contributed by atoms with Crippen molar-refractivity contribution in [1.29, 1.82) is 0 Å². The fourth-order valence-corrected chi connectivity index (χ4v) is 8.91. The van der Waals surface area contributed by atoms with Crippen molar-refractivity contribution in [2.24, 2.45) is 0 Å². The number of hydrogen-bond donors (Lipinski definition) is 0. The second-order valence-electron chi connectivity index (χ2n) is 14.2. The van der Waals surface area contributed by atoms with Crippen LogP contribution in [0.15, 0.2) is 182 Å². The highest BCUT2D eigenvalue weighted by molar-refractivity contribution is 6.19. The first-order chi connectivity index (χ1) is 26.8. The monoisotopic (exact) mass is 686 g/mol. The maximum Gasteiger partial charge on any atom is 0.0973 e. The Morgan fingerprint density at radius 3 is 1.72 bits per heavy atom. The second-order valence-corrected chi connectivity index (χ2v) is 14.2. The van der Waals surface area contributed by atoms with Crippen LogP contribution in [0.4, 0.5) is 0 Å². The number of para-hydroxylation sites is 6. The van der Waals surface area contributed by atoms with Crippen LogP contribution in [0, 0.1) is 0 Å². The molecule has 1 aliphatic heterocycles. The first-order valence-electron chi connectivity index (χ1n) is 18.4. The standard InChI is InChI=1S/C50H30N4/c1-2-14-31(15-3-1)48-49(52-43-24-8-7-23-42(43)51-48)32-16-12-17-33(28-32)53-44-25-9-6-20-36(44)41-29-39-38-22-13-21-37-34-18-4-10-26-45(34)54(50(37)38)46-27-11-5-19-35(46)40(39)30-47(41)53/h1-30H. The van der Waals surface area contributed by atoms with Crippen LogP contribution in [-0.2, 0) is 0 Å². The molecule has 0 spiro atoms. The van der Waals surface area contributed by atoms with Crippen molar-refractivity contribution in [3.8, 4) is 56.1 Å². The summed E-state index contributed by atoms with van der Waals surface area (Å²) in [4.78, 5) is 10.4. The van der Waals surface area contributed by atoms with Gasteiger partial charge in [-0.1, -0.05) is 127 Å². The van der Waals surface area contributed by atoms with Gasteiger partial charge in [0.05, 0.1) is 50.2 Å². The van der Waals surface area contributed by atoms with Gasteiger partial charge in [0.15, 0.2) is 0 Å². The van der Waals surface area contributed by atoms with E-state index in [1.54, 1.807) is 0 Å². The lowest BCUT2D eigenvalue weighted by Gasteiger charge is -2.15. The predicted octanol–water partition coefficient (Wildman–Crippen LogP) is 12.8. The van der Waals surface area contributed by atoms with E-state index in [4.69, 9.17) is 9.97 Å². The van der Waals surface area contributed by atoms with Gasteiger partial charge in [-0.15, -0.1) is 0 Å². The van der Waals surface area contributed by atoms with E-state index in [-0.39, 0.29) is 0 Å². The van der Waals surface area contributed by atoms with Crippen LogP contribution in [0.3, 0.4) is 0 Å². The van der Waals surface area contributed by atoms with Crippen LogP contribution >= 0.6 is 0 Å². The molecule has 4 heteroatoms. The van der Waals surface area contributed by atoms with Gasteiger partial charge in [0.1, 0.15) is 0 Å². The molecule has 0 amide bonds. The average Bonchev–Trinajstić information content (AvgIpc) is 3.71. The van der Waals surface area contributed by atoms with Gasteiger partial charge in [-0.2, -0.15) is 0 Å². The number of benzene rings is 8. The number of hydrogen-bond acceptors (Lipinski definition) is 2. The fraction of sp³-hybridized carbons (Fsp3) is 0. The summed E-state index contributed by atoms with van der Waals surface area (Å²) in [6.45, 7) is 0. The molecule has 0 atom stereocenters. The van der Waals surface area contributed by atoms with Gasteiger partial charge in [-0.25, -0.2) is 9.97 Å². The summed E-state index contributed by atoms with van der Waals surface area (Å²) in [5.74, 6) is 0. The summed E-state index contributed by atoms with van der Waals surface area (Å²) in [6, 6.07) is 65.4. The molecule has 54 heavy (non-hydrogen) atoms. The highest BCUT2D eigenvalue weighted by Gasteiger charge is 2.26. The van der Waals surface area contributed by atoms with Crippen molar-refractivity contribution < 1.29 is 0 Å². The van der Waals surface area contributed by atoms with Crippen molar-refractivity contribution in [2.75, 3.05) is 0 Å². The third-order valence-electron chi connectivity index (χ3n) is 11.2. The number of nitrogens with zero attached hydrogens (tertiary/aromatic N) is 4. The second kappa shape index (κ2) is 11.1. The van der Waals surface area contributed by atoms with E-state index in [2.05, 4.69) is 161 Å². The molecule has 1 aliphatic rings. The maximum atomic E-state index is 5.24. The Labute approximate surface area is 310 Å². The summed E-state index contributed by atoms with van der Waals surface area (Å²) in [6.07, 6.45) is 0. The molecule has 0 aliphatic carbocycles. The average molecular weight is 687 g/mol. The molecule has 0 N–H and O–H groups in total. The van der Waals surface area contributed by atoms with E-state index < -0.39 is 0 Å². The Bertz CT molecular complexity index is 3330. The third-order valence-corrected chi connectivity index (χ3v) is 11.2. The van der Waals surface area contributed by atoms with Gasteiger partial charge in [0.25, 0.3) is 0 Å². The van der Waals surface area contributed by atoms with Gasteiger partial charge in [-0.05, 0) is 65.7 Å². The summed E-state index contributed by atoms with van der Waals surface area (Å²) >= 11 is 0. The summed E-state index contributed by atoms with van der Waals surface area (Å²) in [5.41, 5.74) is 17.6. The number of aromatic nitrogens is 4. The Morgan fingerprint density at radius 1 is 0.333 bits per heavy atom. The smallest absolute Gasteiger partial charge is 0.0973 e. The molecule has 250 valence electrons. The van der Waals surface area contributed by atoms with Crippen molar-refractivity contribution in [1.82, 2.24) is 19.1 Å². The van der Waals surface area contributed by atoms with Crippen molar-refractivity contribution in [2.45, 2.75) is 0 Å². The molecule has 12 rings (SSSR count). The lowest BCUT2D eigenvalue weighted by atomic mass is 9.92. The molecule has 0 radical (unpaired) electrons. The van der Waals surface area contributed by atoms with Crippen LogP contribution in [0.5, 0.6) is 0 Å². The molecule has 0 saturated heterocycles. The molecule has 0 bridgehead atoms. The van der Waals surface area contributed by atoms with Gasteiger partial charge in [0.2, 0.25) is 0 Å². The molecular weight excluding hydrogens is 657 g/mol. The topological polar surface area (TPSA) is 35.6 Å². The van der Waals surface area contributed by atoms with E-state index in [0.29, 0.717) is 0 Å². The molecule has 8 aromatic carbocycles. The Kier molecular flexibility index (Phi) is 6.02. The molecule has 0 fully saturated rings. The summed E-state index contributed by atoms with van der Waals surface area (Å²) in [7, 11) is 0. The van der Waals surface area contributed by atoms with Crippen LogP contribution in [0.1, 0.15) is 0 Å². The van der Waals surface area contributed by atoms with E-state index in [1.165, 1.54) is 71.6 Å². The van der Waals surface area contributed by atoms with Gasteiger partial charge >= 0.3 is 0 Å². The van der Waals surface area contributed by atoms with Crippen LogP contribution in [0.2, 0.25) is 0 Å². The summed E-state index contributed by atoms with van der Waals surface area (Å²) < 4.78 is 4.90. The van der Waals surface area contributed by atoms with E-state index in [0.717, 1.165) is 39.2 Å². The minimum atomic E-state index is 0.868. The third kappa shape index (κ3) is 4.08. The van der Waals surface area contributed by atoms with Crippen LogP contribution in [0.25, 0.3) is 111 Å². The highest BCUT2D eigenvalue weighted by Crippen LogP contribution is 2.49. The molecular formula is C50H30N4. The first kappa shape index (κ1) is 29.3. The van der Waals surface area contributed by atoms with Crippen molar-refractivity contribution in [3.63, 3.8) is 0 Å². The van der Waals surface area contributed by atoms with Crippen molar-refractivity contribution >= 4 is 54.6 Å². The van der Waals surface area contributed by atoms with E-state index in [1.807, 2.05) is 30.3 Å². The zero-order valence-electron chi connectivity index (χ0n) is 29.1. The van der Waals surface area contributed by atoms with Gasteiger partial charge in [-0.3, -0.25) is 0 Å². The van der Waals surface area contributed by atoms with E-state index >= 15 is 0 Å². The SMILES string of the molecule is c1ccc(-c2nc3ccccc3nc2-c2cccc(-n3c4ccccc4c4cc5c(cc43)-c3ccccc3-n3c4ccccc4c4cccc-5c43)c2)cc1. The molecule has 0 saturated carbocycles. The Hall–Kier alpha value is -7.30. The molecule has 11 aromatic rings. The van der Waals surface area contributed by atoms with Crippen LogP contribution in [-0.4, -0.2) is 19.1 Å². The maximum absolute atomic E-state index is 5.24. The quantitative estimate of drug-likeness (QED) is 0.185. The lowest BCUT2D eigenvalue weighted by molar-refractivity contribution is 1.18. The Balaban J connectivity index is 1.15. The van der Waals surface area contributed by atoms with Gasteiger partial charge in [0, 0.05) is 49.5 Å². The number of rotatable bonds is 3. The molecule has 0 unspecified atom stereocenters. The first-order valence-corrected chi connectivity index (χ1v) is 18.4. The normalized spacial score (nSPS) is 12.1. The van der Waals surface area contributed by atoms with Crippen LogP contribution < -0.4 is 0 Å². The highest BCUT2D eigenvalue weighted by atomic mass is 15.0. The fourth-order valence-electron chi connectivity index (χ4n) is 8.91. The molecule has 4 heterocycles. The Morgan fingerprint density at radius 2 is 0.907 bits per heavy atom. The zero-order chi connectivity index (χ0) is 35.3. The minimum absolute atomic E-state index is 0.868. The zero-order valence-corrected chi connectivity index (χ0v) is 29.1. The summed E-state index contributed by atoms with van der Waals surface area (Å²) in [5, 5.41) is 5.00. The minimum Gasteiger partial charge on any atom is -0.309 e.